The maximum Gasteiger partial charge on any atom is 0.469 e. The number of hydrogen-bond acceptors (Lipinski definition) is 17. The molecule has 23 nitrogen and oxygen atoms in total. The van der Waals surface area contributed by atoms with Crippen molar-refractivity contribution in [1.82, 2.24) is 34.0 Å². The van der Waals surface area contributed by atoms with Crippen LogP contribution in [0, 0.1) is 0 Å². The number of phosphoric ester groups is 1. The number of carbonyl (C=O) groups is 2. The molecular weight excluding hydrogens is 868 g/mol. The Morgan fingerprint density at radius 3 is 2.57 bits per heavy atom. The minimum absolute atomic E-state index is 0.00737. The molecule has 3 unspecified atom stereocenters. The molecule has 1 aromatic carbocycles. The number of fused-ring (bicyclic) bond motifs is 1. The number of carbonyl (C=O) groups excluding carboxylic acids is 2. The van der Waals surface area contributed by atoms with Crippen LogP contribution >= 0.6 is 27.0 Å². The summed E-state index contributed by atoms with van der Waals surface area (Å²) >= 11 is 6.23. The van der Waals surface area contributed by atoms with Crippen LogP contribution in [0.3, 0.4) is 0 Å². The van der Waals surface area contributed by atoms with Gasteiger partial charge in [0.1, 0.15) is 53.4 Å². The molecule has 2 saturated heterocycles. The normalized spacial score (nSPS) is 25.6. The van der Waals surface area contributed by atoms with Crippen LogP contribution in [0.2, 0.25) is 5.02 Å². The number of nitrogens with zero attached hydrogens (tertiary/aromatic N) is 7. The Morgan fingerprint density at radius 2 is 1.89 bits per heavy atom. The number of hydrogen-bond donors (Lipinski definition) is 6. The molecule has 1 amide bonds. The van der Waals surface area contributed by atoms with Gasteiger partial charge in [0.2, 0.25) is 5.91 Å². The molecule has 2 fully saturated rings. The molecule has 3 aromatic heterocycles. The van der Waals surface area contributed by atoms with Crippen molar-refractivity contribution in [3.05, 3.63) is 82.9 Å². The summed E-state index contributed by atoms with van der Waals surface area (Å²) in [6, 6.07) is 6.60. The van der Waals surface area contributed by atoms with Crippen LogP contribution in [0.4, 0.5) is 11.6 Å². The first kappa shape index (κ1) is 45.9. The van der Waals surface area contributed by atoms with E-state index in [0.29, 0.717) is 17.0 Å². The molecular formula is C35H44ClN9O14P2. The Hall–Kier alpha value is -4.64. The molecule has 330 valence electrons. The number of likely N-dealkylation sites (N-methyl/N-ethyl adjacent to an activating group) is 1. The molecule has 4 aromatic rings. The van der Waals surface area contributed by atoms with Gasteiger partial charge in [0.25, 0.3) is 0 Å². The zero-order valence-electron chi connectivity index (χ0n) is 32.6. The molecule has 8 N–H and O–H groups in total. The predicted octanol–water partition coefficient (Wildman–Crippen LogP) is 1.46. The van der Waals surface area contributed by atoms with Crippen LogP contribution in [0.15, 0.2) is 66.6 Å². The van der Waals surface area contributed by atoms with Crippen molar-refractivity contribution in [1.29, 1.82) is 0 Å². The van der Waals surface area contributed by atoms with E-state index in [-0.39, 0.29) is 35.6 Å². The number of anilines is 2. The highest BCUT2D eigenvalue weighted by molar-refractivity contribution is 7.54. The van der Waals surface area contributed by atoms with Crippen molar-refractivity contribution >= 4 is 61.7 Å². The SMILES string of the molecule is C=CCCC(=O)N(C)[C@@H](Cc1cccc(Cl)c1)C(=O)O[C@@H]1C(COP(=O)(O)[C@@]2(C)C[C@H](n3ccc(N)nc3=O)O[C@@H]2COP(=O)(O)O)OC(n2cnc3c(N)ncnc32)[C@@H]1O. The molecule has 2 aliphatic heterocycles. The highest BCUT2D eigenvalue weighted by atomic mass is 35.5. The predicted molar refractivity (Wildman–Crippen MR) is 214 cm³/mol. The molecule has 0 bridgehead atoms. The molecule has 0 saturated carbocycles. The third kappa shape index (κ3) is 10.0. The summed E-state index contributed by atoms with van der Waals surface area (Å²) in [5, 5.41) is 10.2. The number of ether oxygens (including phenoxy) is 3. The summed E-state index contributed by atoms with van der Waals surface area (Å²) in [5.41, 5.74) is 11.6. The van der Waals surface area contributed by atoms with Crippen molar-refractivity contribution in [3.8, 4) is 0 Å². The minimum Gasteiger partial charge on any atom is -0.455 e. The second-order valence-corrected chi connectivity index (χ2v) is 18.5. The lowest BCUT2D eigenvalue weighted by molar-refractivity contribution is -0.165. The number of amides is 1. The average Bonchev–Trinajstić information content (AvgIpc) is 3.87. The topological polar surface area (TPSA) is 329 Å². The second kappa shape index (κ2) is 18.4. The van der Waals surface area contributed by atoms with E-state index in [1.165, 1.54) is 42.0 Å². The maximum absolute atomic E-state index is 14.4. The summed E-state index contributed by atoms with van der Waals surface area (Å²) in [4.78, 5) is 88.0. The van der Waals surface area contributed by atoms with Crippen molar-refractivity contribution in [3.63, 3.8) is 0 Å². The maximum atomic E-state index is 14.4. The van der Waals surface area contributed by atoms with Gasteiger partial charge in [-0.05, 0) is 37.1 Å². The lowest BCUT2D eigenvalue weighted by atomic mass is 10.0. The molecule has 0 spiro atoms. The van der Waals surface area contributed by atoms with E-state index in [2.05, 4.69) is 31.0 Å². The lowest BCUT2D eigenvalue weighted by Gasteiger charge is -2.34. The van der Waals surface area contributed by atoms with Gasteiger partial charge in [0.15, 0.2) is 23.8 Å². The van der Waals surface area contributed by atoms with Crippen LogP contribution < -0.4 is 17.2 Å². The molecule has 6 rings (SSSR count). The van der Waals surface area contributed by atoms with E-state index >= 15 is 0 Å². The number of halogens is 1. The van der Waals surface area contributed by atoms with Crippen molar-refractivity contribution < 1.29 is 61.8 Å². The van der Waals surface area contributed by atoms with Gasteiger partial charge in [-0.15, -0.1) is 6.58 Å². The Morgan fingerprint density at radius 1 is 1.13 bits per heavy atom. The van der Waals surface area contributed by atoms with Crippen LogP contribution in [0.25, 0.3) is 11.2 Å². The Balaban J connectivity index is 1.32. The van der Waals surface area contributed by atoms with Crippen molar-refractivity contribution in [2.24, 2.45) is 0 Å². The number of aliphatic hydroxyl groups is 1. The van der Waals surface area contributed by atoms with Gasteiger partial charge in [-0.1, -0.05) is 29.8 Å². The molecule has 0 radical (unpaired) electrons. The van der Waals surface area contributed by atoms with E-state index in [4.69, 9.17) is 41.8 Å². The van der Waals surface area contributed by atoms with Crippen LogP contribution in [0.5, 0.6) is 0 Å². The fourth-order valence-electron chi connectivity index (χ4n) is 7.02. The van der Waals surface area contributed by atoms with Gasteiger partial charge in [0, 0.05) is 37.5 Å². The smallest absolute Gasteiger partial charge is 0.455 e. The first-order chi connectivity index (χ1) is 28.7. The molecule has 9 atom stereocenters. The zero-order valence-corrected chi connectivity index (χ0v) is 35.2. The molecule has 2 aliphatic rings. The van der Waals surface area contributed by atoms with Gasteiger partial charge >= 0.3 is 27.1 Å². The molecule has 5 heterocycles. The first-order valence-corrected chi connectivity index (χ1v) is 22.0. The van der Waals surface area contributed by atoms with Gasteiger partial charge < -0.3 is 54.9 Å². The van der Waals surface area contributed by atoms with E-state index in [0.717, 1.165) is 10.9 Å². The monoisotopic (exact) mass is 911 g/mol. The number of nitrogen functional groups attached to an aromatic ring is 2. The average molecular weight is 912 g/mol. The number of rotatable bonds is 17. The van der Waals surface area contributed by atoms with Crippen molar-refractivity contribution in [2.45, 2.75) is 80.7 Å². The van der Waals surface area contributed by atoms with E-state index in [1.807, 2.05) is 0 Å². The summed E-state index contributed by atoms with van der Waals surface area (Å²) in [5.74, 6) is -1.52. The van der Waals surface area contributed by atoms with Crippen molar-refractivity contribution in [2.75, 3.05) is 31.7 Å². The number of benzene rings is 1. The number of nitrogens with two attached hydrogens (primary N) is 2. The number of aromatic nitrogens is 6. The molecule has 0 aliphatic carbocycles. The third-order valence-corrected chi connectivity index (χ3v) is 13.4. The van der Waals surface area contributed by atoms with E-state index in [1.54, 1.807) is 30.3 Å². The Labute approximate surface area is 352 Å². The standard InChI is InChI=1S/C35H44ClN9O14P2/c1-4-5-9-25(46)43(3)21(13-19-7-6-8-20(36)12-19)33(48)59-29-22(57-32(28(29)47)45-18-41-27-30(38)39-17-40-31(27)45)15-55-60(50,51)35(2)14-26(44-11-10-24(37)42-34(44)49)58-23(35)16-56-61(52,53)54/h4,6-8,10-12,17-18,21-23,26,28-29,32,47H,1,5,9,13-16H2,2-3H3,(H,50,51)(H2,37,42,49)(H2,38,39,40)(H2,52,53,54)/t21-,22?,23+,26+,28+,29+,32?,35-/m0/s1. The van der Waals surface area contributed by atoms with Crippen LogP contribution in [-0.2, 0) is 48.4 Å². The van der Waals surface area contributed by atoms with Crippen LogP contribution in [-0.4, -0.2) is 122 Å². The number of imidazole rings is 1. The lowest BCUT2D eigenvalue weighted by Crippen LogP contribution is -2.48. The summed E-state index contributed by atoms with van der Waals surface area (Å²) in [6.07, 6.45) is -4.24. The quantitative estimate of drug-likeness (QED) is 0.0496. The number of phosphoric acid groups is 1. The molecule has 26 heteroatoms. The summed E-state index contributed by atoms with van der Waals surface area (Å²) < 4.78 is 56.8. The van der Waals surface area contributed by atoms with Crippen LogP contribution in [0.1, 0.15) is 44.2 Å². The number of aliphatic hydroxyl groups excluding tert-OH is 1. The van der Waals surface area contributed by atoms with Gasteiger partial charge in [-0.2, -0.15) is 4.98 Å². The fourth-order valence-corrected chi connectivity index (χ4v) is 9.09. The Kier molecular flexibility index (Phi) is 13.8. The first-order valence-electron chi connectivity index (χ1n) is 18.5. The van der Waals surface area contributed by atoms with Gasteiger partial charge in [0.05, 0.1) is 19.5 Å². The van der Waals surface area contributed by atoms with Gasteiger partial charge in [-0.3, -0.25) is 23.0 Å². The van der Waals surface area contributed by atoms with Gasteiger partial charge in [-0.25, -0.2) is 29.1 Å². The third-order valence-electron chi connectivity index (χ3n) is 10.5. The molecule has 61 heavy (non-hydrogen) atoms. The number of esters is 1. The summed E-state index contributed by atoms with van der Waals surface area (Å²) in [7, 11) is -8.82. The van der Waals surface area contributed by atoms with E-state index in [9.17, 15) is 43.3 Å². The zero-order chi connectivity index (χ0) is 44.4. The minimum atomic E-state index is -5.15. The fraction of sp³-hybridized carbons (Fsp3) is 0.457. The highest BCUT2D eigenvalue weighted by Crippen LogP contribution is 2.64. The van der Waals surface area contributed by atoms with E-state index < -0.39 is 101 Å². The number of allylic oxidation sites excluding steroid dienone is 1. The highest BCUT2D eigenvalue weighted by Gasteiger charge is 2.59. The summed E-state index contributed by atoms with van der Waals surface area (Å²) in [6.45, 7) is 3.09. The Bertz CT molecular complexity index is 2440. The second-order valence-electron chi connectivity index (χ2n) is 14.5. The largest absolute Gasteiger partial charge is 0.469 e.